The maximum atomic E-state index is 12.3. The Labute approximate surface area is 143 Å². The fraction of sp³-hybridized carbons (Fsp3) is 0.294. The number of likely N-dealkylation sites (tertiary alicyclic amines) is 1. The molecule has 3 aromatic heterocycles. The van der Waals surface area contributed by atoms with Crippen LogP contribution in [0.5, 0.6) is 0 Å². The minimum atomic E-state index is -0.471. The van der Waals surface area contributed by atoms with Gasteiger partial charge in [-0.05, 0) is 19.1 Å². The van der Waals surface area contributed by atoms with E-state index in [1.54, 1.807) is 24.2 Å². The summed E-state index contributed by atoms with van der Waals surface area (Å²) in [4.78, 5) is 26.5. The molecular weight excluding hydrogens is 324 g/mol. The quantitative estimate of drug-likeness (QED) is 0.767. The number of hydrogen-bond donors (Lipinski definition) is 1. The number of carbonyl (C=O) groups is 1. The Kier molecular flexibility index (Phi) is 3.81. The average molecular weight is 340 g/mol. The maximum absolute atomic E-state index is 12.3. The Morgan fingerprint density at radius 1 is 1.36 bits per heavy atom. The summed E-state index contributed by atoms with van der Waals surface area (Å²) in [5.74, 6) is 0.683. The van der Waals surface area contributed by atoms with Gasteiger partial charge in [-0.25, -0.2) is 9.97 Å². The highest BCUT2D eigenvalue weighted by Gasteiger charge is 2.38. The second-order valence-corrected chi connectivity index (χ2v) is 5.94. The van der Waals surface area contributed by atoms with Crippen molar-refractivity contribution in [3.63, 3.8) is 0 Å². The number of pyridine rings is 1. The van der Waals surface area contributed by atoms with Gasteiger partial charge in [0.2, 0.25) is 11.8 Å². The molecule has 8 heteroatoms. The van der Waals surface area contributed by atoms with Gasteiger partial charge in [0, 0.05) is 18.4 Å². The number of aromatic nitrogens is 3. The van der Waals surface area contributed by atoms with Crippen molar-refractivity contribution in [3.05, 3.63) is 54.3 Å². The number of oxazole rings is 2. The van der Waals surface area contributed by atoms with Gasteiger partial charge in [-0.3, -0.25) is 9.78 Å². The molecule has 0 aliphatic carbocycles. The zero-order valence-electron chi connectivity index (χ0n) is 13.5. The van der Waals surface area contributed by atoms with Crippen LogP contribution in [0.15, 0.2) is 45.9 Å². The van der Waals surface area contributed by atoms with Crippen LogP contribution in [0, 0.1) is 0 Å². The third kappa shape index (κ3) is 2.91. The van der Waals surface area contributed by atoms with Crippen molar-refractivity contribution < 1.29 is 18.7 Å². The van der Waals surface area contributed by atoms with E-state index in [1.165, 1.54) is 12.5 Å². The lowest BCUT2D eigenvalue weighted by atomic mass is 10.0. The molecular formula is C17H16N4O4. The summed E-state index contributed by atoms with van der Waals surface area (Å²) >= 11 is 0. The van der Waals surface area contributed by atoms with Crippen LogP contribution in [0.2, 0.25) is 0 Å². The standard InChI is InChI=1S/C17H16N4O4/c1-10-14(22)8-21(10)17(23)13-9-25-15(20-13)6-12-3-2-11(7-19-12)16-18-4-5-24-16/h2-5,7,9-10,14,22H,6,8H2,1H3/t10-,14-/m0/s1. The predicted octanol–water partition coefficient (Wildman–Crippen LogP) is 1.52. The second kappa shape index (κ2) is 6.14. The molecule has 1 aliphatic heterocycles. The molecule has 1 fully saturated rings. The molecule has 25 heavy (non-hydrogen) atoms. The molecule has 1 N–H and O–H groups in total. The third-order valence-electron chi connectivity index (χ3n) is 4.30. The van der Waals surface area contributed by atoms with E-state index in [9.17, 15) is 9.90 Å². The molecule has 3 aromatic rings. The van der Waals surface area contributed by atoms with Crippen molar-refractivity contribution in [2.24, 2.45) is 0 Å². The van der Waals surface area contributed by atoms with E-state index in [-0.39, 0.29) is 17.6 Å². The lowest BCUT2D eigenvalue weighted by molar-refractivity contribution is -0.0360. The molecule has 0 spiro atoms. The first-order valence-electron chi connectivity index (χ1n) is 7.90. The molecule has 4 heterocycles. The third-order valence-corrected chi connectivity index (χ3v) is 4.30. The van der Waals surface area contributed by atoms with Crippen molar-refractivity contribution in [2.45, 2.75) is 25.5 Å². The van der Waals surface area contributed by atoms with Gasteiger partial charge in [-0.15, -0.1) is 0 Å². The highest BCUT2D eigenvalue weighted by molar-refractivity contribution is 5.92. The fourth-order valence-corrected chi connectivity index (χ4v) is 2.67. The largest absolute Gasteiger partial charge is 0.448 e. The van der Waals surface area contributed by atoms with E-state index in [1.807, 2.05) is 12.1 Å². The number of amides is 1. The summed E-state index contributed by atoms with van der Waals surface area (Å²) < 4.78 is 10.6. The van der Waals surface area contributed by atoms with Crippen molar-refractivity contribution in [1.29, 1.82) is 0 Å². The first-order valence-corrected chi connectivity index (χ1v) is 7.90. The Hall–Kier alpha value is -3.00. The second-order valence-electron chi connectivity index (χ2n) is 5.94. The number of aliphatic hydroxyl groups excluding tert-OH is 1. The Balaban J connectivity index is 1.43. The van der Waals surface area contributed by atoms with Crippen LogP contribution in [-0.4, -0.2) is 49.6 Å². The topological polar surface area (TPSA) is 105 Å². The van der Waals surface area contributed by atoms with Crippen molar-refractivity contribution in [2.75, 3.05) is 6.54 Å². The van der Waals surface area contributed by atoms with Gasteiger partial charge in [0.15, 0.2) is 5.69 Å². The van der Waals surface area contributed by atoms with E-state index in [0.29, 0.717) is 24.7 Å². The molecule has 4 rings (SSSR count). The number of nitrogens with zero attached hydrogens (tertiary/aromatic N) is 4. The smallest absolute Gasteiger partial charge is 0.276 e. The Morgan fingerprint density at radius 3 is 2.88 bits per heavy atom. The zero-order chi connectivity index (χ0) is 17.4. The van der Waals surface area contributed by atoms with Gasteiger partial charge in [0.05, 0.1) is 30.3 Å². The van der Waals surface area contributed by atoms with Gasteiger partial charge >= 0.3 is 0 Å². The average Bonchev–Trinajstić information content (AvgIpc) is 3.31. The van der Waals surface area contributed by atoms with E-state index >= 15 is 0 Å². The van der Waals surface area contributed by atoms with Gasteiger partial charge < -0.3 is 18.8 Å². The number of rotatable bonds is 4. The molecule has 1 aliphatic rings. The summed E-state index contributed by atoms with van der Waals surface area (Å²) in [6.45, 7) is 2.12. The molecule has 2 atom stereocenters. The first kappa shape index (κ1) is 15.5. The molecule has 128 valence electrons. The van der Waals surface area contributed by atoms with Crippen LogP contribution in [-0.2, 0) is 6.42 Å². The highest BCUT2D eigenvalue weighted by Crippen LogP contribution is 2.21. The summed E-state index contributed by atoms with van der Waals surface area (Å²) in [5.41, 5.74) is 1.77. The van der Waals surface area contributed by atoms with Crippen LogP contribution in [0.1, 0.15) is 29.0 Å². The van der Waals surface area contributed by atoms with E-state index in [0.717, 1.165) is 11.3 Å². The molecule has 0 radical (unpaired) electrons. The van der Waals surface area contributed by atoms with Crippen LogP contribution in [0.4, 0.5) is 0 Å². The number of β-amino-alcohol motifs (C(OH)–C–C–N with tert-alkyl or cyclic N) is 1. The summed E-state index contributed by atoms with van der Waals surface area (Å²) in [6.07, 6.45) is 5.99. The molecule has 1 amide bonds. The minimum Gasteiger partial charge on any atom is -0.448 e. The van der Waals surface area contributed by atoms with Gasteiger partial charge in [-0.1, -0.05) is 0 Å². The Bertz CT molecular complexity index is 872. The van der Waals surface area contributed by atoms with Crippen molar-refractivity contribution in [1.82, 2.24) is 19.9 Å². The SMILES string of the molecule is C[C@H]1[C@@H](O)CN1C(=O)c1coc(Cc2ccc(-c3ncco3)cn2)n1. The van der Waals surface area contributed by atoms with Crippen LogP contribution in [0.3, 0.4) is 0 Å². The molecule has 0 aromatic carbocycles. The highest BCUT2D eigenvalue weighted by atomic mass is 16.3. The monoisotopic (exact) mass is 340 g/mol. The predicted molar refractivity (Wildman–Crippen MR) is 85.5 cm³/mol. The molecule has 1 saturated heterocycles. The molecule has 0 unspecified atom stereocenters. The van der Waals surface area contributed by atoms with Gasteiger partial charge in [-0.2, -0.15) is 0 Å². The lowest BCUT2D eigenvalue weighted by Gasteiger charge is -2.42. The molecule has 0 saturated carbocycles. The fourth-order valence-electron chi connectivity index (χ4n) is 2.67. The zero-order valence-corrected chi connectivity index (χ0v) is 13.5. The molecule has 0 bridgehead atoms. The minimum absolute atomic E-state index is 0.197. The van der Waals surface area contributed by atoms with Crippen molar-refractivity contribution >= 4 is 5.91 Å². The number of carbonyl (C=O) groups excluding carboxylic acids is 1. The van der Waals surface area contributed by atoms with Crippen LogP contribution in [0.25, 0.3) is 11.5 Å². The van der Waals surface area contributed by atoms with Crippen LogP contribution >= 0.6 is 0 Å². The van der Waals surface area contributed by atoms with E-state index in [2.05, 4.69) is 15.0 Å². The normalized spacial score (nSPS) is 19.7. The summed E-state index contributed by atoms with van der Waals surface area (Å²) in [7, 11) is 0. The van der Waals surface area contributed by atoms with Gasteiger partial charge in [0.25, 0.3) is 5.91 Å². The number of hydrogen-bond acceptors (Lipinski definition) is 7. The van der Waals surface area contributed by atoms with Gasteiger partial charge in [0.1, 0.15) is 12.5 Å². The summed E-state index contributed by atoms with van der Waals surface area (Å²) in [5, 5.41) is 9.52. The van der Waals surface area contributed by atoms with Crippen LogP contribution < -0.4 is 0 Å². The lowest BCUT2D eigenvalue weighted by Crippen LogP contribution is -2.60. The maximum Gasteiger partial charge on any atom is 0.276 e. The molecule has 8 nitrogen and oxygen atoms in total. The van der Waals surface area contributed by atoms with Crippen molar-refractivity contribution in [3.8, 4) is 11.5 Å². The Morgan fingerprint density at radius 2 is 2.24 bits per heavy atom. The number of aliphatic hydroxyl groups is 1. The van der Waals surface area contributed by atoms with E-state index < -0.39 is 6.10 Å². The summed E-state index contributed by atoms with van der Waals surface area (Å²) in [6, 6.07) is 3.49. The first-order chi connectivity index (χ1) is 12.1. The van der Waals surface area contributed by atoms with E-state index in [4.69, 9.17) is 8.83 Å².